The summed E-state index contributed by atoms with van der Waals surface area (Å²) in [6.07, 6.45) is 1.92. The first kappa shape index (κ1) is 14.7. The highest BCUT2D eigenvalue weighted by Crippen LogP contribution is 2.39. The van der Waals surface area contributed by atoms with Crippen molar-refractivity contribution in [2.75, 3.05) is 5.32 Å². The summed E-state index contributed by atoms with van der Waals surface area (Å²) in [5, 5.41) is 2.93. The first-order valence-electron chi connectivity index (χ1n) is 8.04. The van der Waals surface area contributed by atoms with Crippen molar-refractivity contribution in [1.29, 1.82) is 0 Å². The number of carbonyl (C=O) groups excluding carboxylic acids is 1. The van der Waals surface area contributed by atoms with Gasteiger partial charge in [0.25, 0.3) is 0 Å². The minimum Gasteiger partial charge on any atom is -0.344 e. The number of hydrogen-bond acceptors (Lipinski definition) is 2. The van der Waals surface area contributed by atoms with Gasteiger partial charge in [0.2, 0.25) is 5.91 Å². The fourth-order valence-corrected chi connectivity index (χ4v) is 3.06. The summed E-state index contributed by atoms with van der Waals surface area (Å²) in [6, 6.07) is 14.3. The third-order valence-electron chi connectivity index (χ3n) is 4.71. The maximum atomic E-state index is 12.1. The smallest absolute Gasteiger partial charge is 0.234 e. The molecule has 1 aliphatic rings. The van der Waals surface area contributed by atoms with E-state index in [1.54, 1.807) is 0 Å². The molecule has 4 rings (SSSR count). The van der Waals surface area contributed by atoms with E-state index in [9.17, 15) is 4.79 Å². The van der Waals surface area contributed by atoms with Gasteiger partial charge in [0, 0.05) is 23.0 Å². The molecule has 3 aromatic rings. The summed E-state index contributed by atoms with van der Waals surface area (Å²) < 4.78 is 0. The van der Waals surface area contributed by atoms with Crippen LogP contribution < -0.4 is 5.32 Å². The molecule has 0 saturated heterocycles. The van der Waals surface area contributed by atoms with E-state index in [0.29, 0.717) is 0 Å². The number of amides is 1. The number of fused-ring (bicyclic) bond motifs is 1. The van der Waals surface area contributed by atoms with Crippen LogP contribution in [0.3, 0.4) is 0 Å². The van der Waals surface area contributed by atoms with Gasteiger partial charge in [-0.15, -0.1) is 0 Å². The van der Waals surface area contributed by atoms with Crippen molar-refractivity contribution < 1.29 is 4.79 Å². The van der Waals surface area contributed by atoms with Crippen LogP contribution >= 0.6 is 0 Å². The second-order valence-electron chi connectivity index (χ2n) is 6.84. The van der Waals surface area contributed by atoms with E-state index in [2.05, 4.69) is 41.5 Å². The summed E-state index contributed by atoms with van der Waals surface area (Å²) in [7, 11) is 0. The van der Waals surface area contributed by atoms with Crippen LogP contribution in [-0.4, -0.2) is 15.9 Å². The number of aromatic amines is 1. The molecule has 0 bridgehead atoms. The number of hydrogen-bond donors (Lipinski definition) is 2. The van der Waals surface area contributed by atoms with Gasteiger partial charge in [0.1, 0.15) is 5.82 Å². The van der Waals surface area contributed by atoms with Crippen molar-refractivity contribution >= 4 is 11.6 Å². The Morgan fingerprint density at radius 1 is 1.00 bits per heavy atom. The van der Waals surface area contributed by atoms with Crippen molar-refractivity contribution in [3.8, 4) is 22.6 Å². The second-order valence-corrected chi connectivity index (χ2v) is 6.84. The SMILES string of the molecule is Cc1ccc(-c2c[nH]c(-c3ccc4c(c3)C(C)(C)C(=O)N4)n2)cc1. The second kappa shape index (κ2) is 5.06. The molecule has 0 aliphatic carbocycles. The molecule has 4 heteroatoms. The van der Waals surface area contributed by atoms with Gasteiger partial charge >= 0.3 is 0 Å². The highest BCUT2D eigenvalue weighted by molar-refractivity contribution is 6.06. The Morgan fingerprint density at radius 2 is 1.71 bits per heavy atom. The van der Waals surface area contributed by atoms with Gasteiger partial charge in [-0.1, -0.05) is 29.8 Å². The predicted molar refractivity (Wildman–Crippen MR) is 95.9 cm³/mol. The van der Waals surface area contributed by atoms with E-state index >= 15 is 0 Å². The van der Waals surface area contributed by atoms with Crippen LogP contribution in [0.2, 0.25) is 0 Å². The highest BCUT2D eigenvalue weighted by atomic mass is 16.2. The number of H-pyrrole nitrogens is 1. The van der Waals surface area contributed by atoms with E-state index in [4.69, 9.17) is 4.98 Å². The Kier molecular flexibility index (Phi) is 3.10. The molecule has 120 valence electrons. The van der Waals surface area contributed by atoms with E-state index in [-0.39, 0.29) is 5.91 Å². The molecular weight excluding hydrogens is 298 g/mol. The Balaban J connectivity index is 1.73. The average Bonchev–Trinajstić information content (AvgIpc) is 3.13. The molecule has 0 fully saturated rings. The van der Waals surface area contributed by atoms with Crippen molar-refractivity contribution in [3.63, 3.8) is 0 Å². The average molecular weight is 317 g/mol. The largest absolute Gasteiger partial charge is 0.344 e. The summed E-state index contributed by atoms with van der Waals surface area (Å²) in [6.45, 7) is 5.96. The Morgan fingerprint density at radius 3 is 2.46 bits per heavy atom. The van der Waals surface area contributed by atoms with Gasteiger partial charge in [0.05, 0.1) is 11.1 Å². The lowest BCUT2D eigenvalue weighted by Crippen LogP contribution is -2.26. The van der Waals surface area contributed by atoms with Crippen LogP contribution in [0.25, 0.3) is 22.6 Å². The van der Waals surface area contributed by atoms with Crippen LogP contribution in [0.1, 0.15) is 25.0 Å². The number of nitrogens with one attached hydrogen (secondary N) is 2. The zero-order chi connectivity index (χ0) is 16.9. The molecule has 1 amide bonds. The topological polar surface area (TPSA) is 57.8 Å². The molecule has 2 N–H and O–H groups in total. The highest BCUT2D eigenvalue weighted by Gasteiger charge is 2.38. The Bertz CT molecular complexity index is 936. The molecule has 0 spiro atoms. The maximum Gasteiger partial charge on any atom is 0.234 e. The monoisotopic (exact) mass is 317 g/mol. The number of benzene rings is 2. The maximum absolute atomic E-state index is 12.1. The Hall–Kier alpha value is -2.88. The number of carbonyl (C=O) groups is 1. The zero-order valence-corrected chi connectivity index (χ0v) is 14.0. The molecule has 24 heavy (non-hydrogen) atoms. The molecule has 2 aromatic carbocycles. The van der Waals surface area contributed by atoms with Crippen molar-refractivity contribution in [2.24, 2.45) is 0 Å². The molecule has 0 radical (unpaired) electrons. The molecule has 2 heterocycles. The van der Waals surface area contributed by atoms with E-state index < -0.39 is 5.41 Å². The molecule has 0 saturated carbocycles. The third-order valence-corrected chi connectivity index (χ3v) is 4.71. The number of aromatic nitrogens is 2. The zero-order valence-electron chi connectivity index (χ0n) is 14.0. The number of anilines is 1. The fourth-order valence-electron chi connectivity index (χ4n) is 3.06. The van der Waals surface area contributed by atoms with Gasteiger partial charge in [-0.05, 0) is 44.5 Å². The lowest BCUT2D eigenvalue weighted by Gasteiger charge is -2.15. The van der Waals surface area contributed by atoms with Crippen LogP contribution in [0.5, 0.6) is 0 Å². The van der Waals surface area contributed by atoms with E-state index in [0.717, 1.165) is 33.9 Å². The summed E-state index contributed by atoms with van der Waals surface area (Å²) >= 11 is 0. The molecular formula is C20H19N3O. The first-order chi connectivity index (χ1) is 11.4. The molecule has 1 aromatic heterocycles. The first-order valence-corrected chi connectivity index (χ1v) is 8.04. The molecule has 1 aliphatic heterocycles. The van der Waals surface area contributed by atoms with Gasteiger partial charge < -0.3 is 10.3 Å². The normalized spacial score (nSPS) is 15.2. The lowest BCUT2D eigenvalue weighted by molar-refractivity contribution is -0.119. The van der Waals surface area contributed by atoms with Crippen LogP contribution in [0.4, 0.5) is 5.69 Å². The quantitative estimate of drug-likeness (QED) is 0.741. The van der Waals surface area contributed by atoms with E-state index in [1.165, 1.54) is 5.56 Å². The minimum atomic E-state index is -0.516. The summed E-state index contributed by atoms with van der Waals surface area (Å²) in [4.78, 5) is 20.0. The molecule has 0 unspecified atom stereocenters. The Labute approximate surface area is 141 Å². The van der Waals surface area contributed by atoms with Gasteiger partial charge in [0.15, 0.2) is 0 Å². The predicted octanol–water partition coefficient (Wildman–Crippen LogP) is 4.28. The van der Waals surface area contributed by atoms with Gasteiger partial charge in [-0.2, -0.15) is 0 Å². The minimum absolute atomic E-state index is 0.0365. The van der Waals surface area contributed by atoms with Crippen LogP contribution in [0.15, 0.2) is 48.7 Å². The van der Waals surface area contributed by atoms with Gasteiger partial charge in [-0.25, -0.2) is 4.98 Å². The number of imidazole rings is 1. The molecule has 0 atom stereocenters. The summed E-state index contributed by atoms with van der Waals surface area (Å²) in [5.74, 6) is 0.845. The van der Waals surface area contributed by atoms with Crippen molar-refractivity contribution in [3.05, 3.63) is 59.8 Å². The fraction of sp³-hybridized carbons (Fsp3) is 0.200. The third kappa shape index (κ3) is 2.22. The van der Waals surface area contributed by atoms with Crippen molar-refractivity contribution in [2.45, 2.75) is 26.2 Å². The number of aryl methyl sites for hydroxylation is 1. The van der Waals surface area contributed by atoms with Crippen LogP contribution in [0, 0.1) is 6.92 Å². The molecule has 4 nitrogen and oxygen atoms in total. The lowest BCUT2D eigenvalue weighted by atomic mass is 9.85. The number of nitrogens with zero attached hydrogens (tertiary/aromatic N) is 1. The summed E-state index contributed by atoms with van der Waals surface area (Å²) in [5.41, 5.74) is 5.60. The number of rotatable bonds is 2. The van der Waals surface area contributed by atoms with E-state index in [1.807, 2.05) is 38.2 Å². The van der Waals surface area contributed by atoms with Crippen LogP contribution in [-0.2, 0) is 10.2 Å². The van der Waals surface area contributed by atoms with Gasteiger partial charge in [-0.3, -0.25) is 4.79 Å². The van der Waals surface area contributed by atoms with Crippen molar-refractivity contribution in [1.82, 2.24) is 9.97 Å². The standard InChI is InChI=1S/C20H19N3O/c1-12-4-6-13(7-5-12)17-11-21-18(22-17)14-8-9-16-15(10-14)20(2,3)19(24)23-16/h4-11H,1-3H3,(H,21,22)(H,23,24).